The molecule has 1 heterocycles. The van der Waals surface area contributed by atoms with Gasteiger partial charge in [-0.3, -0.25) is 4.79 Å². The van der Waals surface area contributed by atoms with E-state index >= 15 is 0 Å². The summed E-state index contributed by atoms with van der Waals surface area (Å²) in [6.07, 6.45) is 4.72. The van der Waals surface area contributed by atoms with Gasteiger partial charge in [-0.1, -0.05) is 0 Å². The van der Waals surface area contributed by atoms with Gasteiger partial charge in [-0.2, -0.15) is 0 Å². The fraction of sp³-hybridized carbons (Fsp3) is 0.909. The van der Waals surface area contributed by atoms with Gasteiger partial charge in [-0.25, -0.2) is 0 Å². The normalized spacial score (nSPS) is 26.9. The minimum Gasteiger partial charge on any atom is -0.381 e. The van der Waals surface area contributed by atoms with E-state index in [9.17, 15) is 4.79 Å². The number of methoxy groups -OCH3 is 1. The van der Waals surface area contributed by atoms with Crippen LogP contribution in [-0.4, -0.2) is 31.7 Å². The Morgan fingerprint density at radius 1 is 1.36 bits per heavy atom. The number of Topliss-reactive ketones (excluding diaryl/α,β-unsaturated/α-hetero) is 1. The van der Waals surface area contributed by atoms with Crippen LogP contribution in [0.25, 0.3) is 0 Å². The number of ketones is 1. The maximum absolute atomic E-state index is 12.2. The molecule has 0 atom stereocenters. The third kappa shape index (κ3) is 1.59. The molecule has 14 heavy (non-hydrogen) atoms. The Morgan fingerprint density at radius 3 is 2.43 bits per heavy atom. The average molecular weight is 198 g/mol. The summed E-state index contributed by atoms with van der Waals surface area (Å²) < 4.78 is 10.7. The van der Waals surface area contributed by atoms with Crippen molar-refractivity contribution < 1.29 is 14.3 Å². The zero-order valence-corrected chi connectivity index (χ0v) is 8.75. The Balaban J connectivity index is 1.98. The highest BCUT2D eigenvalue weighted by Crippen LogP contribution is 2.39. The van der Waals surface area contributed by atoms with Gasteiger partial charge in [-0.15, -0.1) is 0 Å². The van der Waals surface area contributed by atoms with Gasteiger partial charge in [0.2, 0.25) is 0 Å². The lowest BCUT2D eigenvalue weighted by Gasteiger charge is -2.41. The van der Waals surface area contributed by atoms with E-state index in [4.69, 9.17) is 9.47 Å². The number of ether oxygens (including phenoxy) is 2. The molecule has 80 valence electrons. The number of carbonyl (C=O) groups is 1. The standard InChI is InChI=1S/C11H18O3/c1-13-11(5-2-6-11)10(12)9-3-7-14-8-4-9/h9H,2-8H2,1H3. The van der Waals surface area contributed by atoms with Crippen LogP contribution in [0.2, 0.25) is 0 Å². The predicted molar refractivity (Wildman–Crippen MR) is 52.1 cm³/mol. The monoisotopic (exact) mass is 198 g/mol. The summed E-state index contributed by atoms with van der Waals surface area (Å²) in [6.45, 7) is 1.46. The van der Waals surface area contributed by atoms with Gasteiger partial charge in [0.1, 0.15) is 5.60 Å². The maximum atomic E-state index is 12.2. The van der Waals surface area contributed by atoms with Crippen molar-refractivity contribution in [2.24, 2.45) is 5.92 Å². The van der Waals surface area contributed by atoms with Gasteiger partial charge in [0.15, 0.2) is 5.78 Å². The molecule has 2 aliphatic rings. The Morgan fingerprint density at radius 2 is 2.00 bits per heavy atom. The van der Waals surface area contributed by atoms with E-state index in [0.29, 0.717) is 5.78 Å². The van der Waals surface area contributed by atoms with Gasteiger partial charge >= 0.3 is 0 Å². The quantitative estimate of drug-likeness (QED) is 0.690. The number of hydrogen-bond acceptors (Lipinski definition) is 3. The molecule has 0 bridgehead atoms. The third-order valence-corrected chi connectivity index (χ3v) is 3.59. The molecular weight excluding hydrogens is 180 g/mol. The lowest BCUT2D eigenvalue weighted by Crippen LogP contribution is -2.50. The molecule has 1 saturated heterocycles. The molecule has 0 unspecified atom stereocenters. The zero-order valence-electron chi connectivity index (χ0n) is 8.75. The first kappa shape index (κ1) is 10.1. The topological polar surface area (TPSA) is 35.5 Å². The molecule has 0 amide bonds. The smallest absolute Gasteiger partial charge is 0.167 e. The molecule has 0 aromatic heterocycles. The van der Waals surface area contributed by atoms with Crippen molar-refractivity contribution in [2.75, 3.05) is 20.3 Å². The van der Waals surface area contributed by atoms with E-state index in [1.54, 1.807) is 7.11 Å². The van der Waals surface area contributed by atoms with Crippen LogP contribution in [0.4, 0.5) is 0 Å². The van der Waals surface area contributed by atoms with Crippen LogP contribution < -0.4 is 0 Å². The molecule has 1 saturated carbocycles. The van der Waals surface area contributed by atoms with Crippen molar-refractivity contribution >= 4 is 5.78 Å². The molecule has 0 radical (unpaired) electrons. The minimum absolute atomic E-state index is 0.184. The zero-order chi connectivity index (χ0) is 10.0. The second kappa shape index (κ2) is 3.99. The molecule has 0 aromatic rings. The van der Waals surface area contributed by atoms with Crippen LogP contribution in [0, 0.1) is 5.92 Å². The van der Waals surface area contributed by atoms with Crippen LogP contribution in [0.3, 0.4) is 0 Å². The second-order valence-electron chi connectivity index (χ2n) is 4.30. The molecule has 0 N–H and O–H groups in total. The van der Waals surface area contributed by atoms with E-state index in [0.717, 1.165) is 45.3 Å². The number of carbonyl (C=O) groups excluding carboxylic acids is 1. The van der Waals surface area contributed by atoms with Crippen LogP contribution in [-0.2, 0) is 14.3 Å². The minimum atomic E-state index is -0.415. The highest BCUT2D eigenvalue weighted by atomic mass is 16.5. The number of rotatable bonds is 3. The van der Waals surface area contributed by atoms with Gasteiger partial charge in [-0.05, 0) is 32.1 Å². The Hall–Kier alpha value is -0.410. The first-order valence-corrected chi connectivity index (χ1v) is 5.46. The summed E-state index contributed by atoms with van der Waals surface area (Å²) in [5.74, 6) is 0.513. The van der Waals surface area contributed by atoms with E-state index in [1.165, 1.54) is 0 Å². The lowest BCUT2D eigenvalue weighted by atomic mass is 9.71. The summed E-state index contributed by atoms with van der Waals surface area (Å²) >= 11 is 0. The molecular formula is C11H18O3. The average Bonchev–Trinajstić information content (AvgIpc) is 2.18. The lowest BCUT2D eigenvalue weighted by molar-refractivity contribution is -0.159. The molecule has 0 spiro atoms. The molecule has 0 aromatic carbocycles. The fourth-order valence-electron chi connectivity index (χ4n) is 2.38. The summed E-state index contributed by atoms with van der Waals surface area (Å²) in [5.41, 5.74) is -0.415. The Bertz CT molecular complexity index is 209. The fourth-order valence-corrected chi connectivity index (χ4v) is 2.38. The second-order valence-corrected chi connectivity index (χ2v) is 4.30. The maximum Gasteiger partial charge on any atom is 0.167 e. The van der Waals surface area contributed by atoms with E-state index < -0.39 is 5.60 Å². The van der Waals surface area contributed by atoms with Gasteiger partial charge in [0, 0.05) is 26.2 Å². The summed E-state index contributed by atoms with van der Waals surface area (Å²) in [7, 11) is 1.66. The van der Waals surface area contributed by atoms with Crippen molar-refractivity contribution in [3.05, 3.63) is 0 Å². The van der Waals surface area contributed by atoms with Crippen LogP contribution in [0.1, 0.15) is 32.1 Å². The largest absolute Gasteiger partial charge is 0.381 e. The molecule has 1 aliphatic carbocycles. The molecule has 2 fully saturated rings. The molecule has 1 aliphatic heterocycles. The molecule has 2 rings (SSSR count). The van der Waals surface area contributed by atoms with E-state index in [-0.39, 0.29) is 5.92 Å². The van der Waals surface area contributed by atoms with E-state index in [1.807, 2.05) is 0 Å². The van der Waals surface area contributed by atoms with Crippen molar-refractivity contribution in [3.63, 3.8) is 0 Å². The van der Waals surface area contributed by atoms with Gasteiger partial charge in [0.05, 0.1) is 0 Å². The van der Waals surface area contributed by atoms with Crippen molar-refractivity contribution in [3.8, 4) is 0 Å². The first-order chi connectivity index (χ1) is 6.78. The Kier molecular flexibility index (Phi) is 2.88. The SMILES string of the molecule is COC1(C(=O)C2CCOCC2)CCC1. The molecule has 3 heteroatoms. The van der Waals surface area contributed by atoms with Crippen LogP contribution in [0.5, 0.6) is 0 Å². The Labute approximate surface area is 84.8 Å². The summed E-state index contributed by atoms with van der Waals surface area (Å²) in [6, 6.07) is 0. The number of hydrogen-bond donors (Lipinski definition) is 0. The predicted octanol–water partition coefficient (Wildman–Crippen LogP) is 1.55. The van der Waals surface area contributed by atoms with Crippen LogP contribution >= 0.6 is 0 Å². The van der Waals surface area contributed by atoms with Crippen molar-refractivity contribution in [2.45, 2.75) is 37.7 Å². The van der Waals surface area contributed by atoms with Crippen molar-refractivity contribution in [1.82, 2.24) is 0 Å². The highest BCUT2D eigenvalue weighted by molar-refractivity contribution is 5.90. The van der Waals surface area contributed by atoms with Crippen molar-refractivity contribution in [1.29, 1.82) is 0 Å². The third-order valence-electron chi connectivity index (χ3n) is 3.59. The van der Waals surface area contributed by atoms with Gasteiger partial charge < -0.3 is 9.47 Å². The molecule has 3 nitrogen and oxygen atoms in total. The first-order valence-electron chi connectivity index (χ1n) is 5.46. The van der Waals surface area contributed by atoms with Crippen LogP contribution in [0.15, 0.2) is 0 Å². The van der Waals surface area contributed by atoms with Gasteiger partial charge in [0.25, 0.3) is 0 Å². The summed E-state index contributed by atoms with van der Waals surface area (Å²) in [5, 5.41) is 0. The highest BCUT2D eigenvalue weighted by Gasteiger charge is 2.46. The summed E-state index contributed by atoms with van der Waals surface area (Å²) in [4.78, 5) is 12.2. The van der Waals surface area contributed by atoms with E-state index in [2.05, 4.69) is 0 Å².